The first kappa shape index (κ1) is 18.3. The first-order chi connectivity index (χ1) is 13.9. The van der Waals surface area contributed by atoms with Crippen molar-refractivity contribution in [2.45, 2.75) is 38.9 Å². The third-order valence-electron chi connectivity index (χ3n) is 6.70. The summed E-state index contributed by atoms with van der Waals surface area (Å²) in [4.78, 5) is 26.9. The van der Waals surface area contributed by atoms with Crippen LogP contribution in [0.2, 0.25) is 0 Å². The maximum Gasteiger partial charge on any atom is 0.154 e. The van der Waals surface area contributed by atoms with Crippen LogP contribution in [0.5, 0.6) is 5.75 Å². The van der Waals surface area contributed by atoms with Crippen LogP contribution in [-0.4, -0.2) is 30.9 Å². The van der Waals surface area contributed by atoms with E-state index in [4.69, 9.17) is 9.47 Å². The lowest BCUT2D eigenvalue weighted by Gasteiger charge is -2.20. The highest BCUT2D eigenvalue weighted by Crippen LogP contribution is 2.54. The highest BCUT2D eigenvalue weighted by atomic mass is 16.5. The number of ketones is 2. The summed E-state index contributed by atoms with van der Waals surface area (Å²) in [5.74, 6) is -0.592. The lowest BCUT2D eigenvalue weighted by atomic mass is 9.79. The molecule has 4 nitrogen and oxygen atoms in total. The van der Waals surface area contributed by atoms with Crippen molar-refractivity contribution in [3.63, 3.8) is 0 Å². The van der Waals surface area contributed by atoms with Gasteiger partial charge in [0, 0.05) is 0 Å². The monoisotopic (exact) mass is 388 g/mol. The highest BCUT2D eigenvalue weighted by Gasteiger charge is 2.63. The van der Waals surface area contributed by atoms with Crippen molar-refractivity contribution < 1.29 is 19.1 Å². The van der Waals surface area contributed by atoms with Gasteiger partial charge >= 0.3 is 0 Å². The number of carbonyl (C=O) groups is 2. The van der Waals surface area contributed by atoms with Crippen molar-refractivity contribution in [2.24, 2.45) is 11.8 Å². The molecule has 5 rings (SSSR count). The van der Waals surface area contributed by atoms with E-state index < -0.39 is 5.92 Å². The van der Waals surface area contributed by atoms with E-state index >= 15 is 0 Å². The van der Waals surface area contributed by atoms with E-state index in [1.54, 1.807) is 7.11 Å². The molecule has 0 aromatic heterocycles. The molecule has 1 unspecified atom stereocenters. The van der Waals surface area contributed by atoms with Crippen molar-refractivity contribution >= 4 is 17.1 Å². The Labute approximate surface area is 170 Å². The minimum absolute atomic E-state index is 0.0154. The summed E-state index contributed by atoms with van der Waals surface area (Å²) in [5.41, 5.74) is 6.11. The van der Waals surface area contributed by atoms with E-state index in [9.17, 15) is 9.59 Å². The molecule has 4 heteroatoms. The number of benzene rings is 2. The Kier molecular flexibility index (Phi) is 4.04. The van der Waals surface area contributed by atoms with Crippen LogP contribution in [0, 0.1) is 32.6 Å². The number of carbonyl (C=O) groups excluding carboxylic acids is 2. The second kappa shape index (κ2) is 6.39. The summed E-state index contributed by atoms with van der Waals surface area (Å²) in [6.45, 7) is 6.03. The number of aryl methyl sites for hydroxylation is 3. The molecule has 2 aromatic carbocycles. The molecule has 2 bridgehead atoms. The van der Waals surface area contributed by atoms with Crippen molar-refractivity contribution in [3.8, 4) is 5.75 Å². The lowest BCUT2D eigenvalue weighted by Crippen LogP contribution is -2.28. The summed E-state index contributed by atoms with van der Waals surface area (Å²) in [5, 5.41) is 0. The Morgan fingerprint density at radius 2 is 1.52 bits per heavy atom. The van der Waals surface area contributed by atoms with Gasteiger partial charge in [-0.2, -0.15) is 0 Å². The third kappa shape index (κ3) is 2.55. The molecule has 0 spiro atoms. The summed E-state index contributed by atoms with van der Waals surface area (Å²) in [6.07, 6.45) is 1.39. The summed E-state index contributed by atoms with van der Waals surface area (Å²) < 4.78 is 11.3. The van der Waals surface area contributed by atoms with Gasteiger partial charge in [0.1, 0.15) is 11.7 Å². The molecule has 148 valence electrons. The molecule has 2 aliphatic heterocycles. The van der Waals surface area contributed by atoms with Crippen LogP contribution in [0.4, 0.5) is 0 Å². The second-order valence-electron chi connectivity index (χ2n) is 8.47. The Morgan fingerprint density at radius 1 is 0.897 bits per heavy atom. The SMILES string of the molecule is COc1ccc(C2=C[C@@H]3O[C@H]2[C@H]2C(=O)C(c4c(C)cc(C)cc4C)C(=O)[C@H]23)cc1. The molecule has 1 aliphatic carbocycles. The Bertz CT molecular complexity index is 1040. The van der Waals surface area contributed by atoms with E-state index in [1.807, 2.05) is 51.1 Å². The third-order valence-corrected chi connectivity index (χ3v) is 6.70. The molecule has 0 radical (unpaired) electrons. The second-order valence-corrected chi connectivity index (χ2v) is 8.47. The Balaban J connectivity index is 1.51. The number of hydrogen-bond donors (Lipinski definition) is 0. The minimum atomic E-state index is -0.664. The maximum absolute atomic E-state index is 13.5. The molecule has 1 saturated heterocycles. The van der Waals surface area contributed by atoms with Crippen LogP contribution < -0.4 is 4.74 Å². The number of Topliss-reactive ketones (excluding diaryl/α,β-unsaturated/α-hetero) is 2. The van der Waals surface area contributed by atoms with E-state index in [2.05, 4.69) is 12.1 Å². The standard InChI is InChI=1S/C25H24O4/c1-12-9-13(2)19(14(3)10-12)21-23(26)20-18-11-17(25(29-18)22(20)24(21)27)15-5-7-16(28-4)8-6-15/h5-11,18,20-22,25H,1-4H3/t18-,20-,21?,22+,25+/m0/s1. The molecular weight excluding hydrogens is 364 g/mol. The van der Waals surface area contributed by atoms with Gasteiger partial charge in [-0.05, 0) is 66.8 Å². The van der Waals surface area contributed by atoms with Crippen molar-refractivity contribution in [2.75, 3.05) is 7.11 Å². The fourth-order valence-electron chi connectivity index (χ4n) is 5.58. The van der Waals surface area contributed by atoms with Gasteiger partial charge in [-0.1, -0.05) is 29.8 Å². The largest absolute Gasteiger partial charge is 0.497 e. The molecule has 1 saturated carbocycles. The quantitative estimate of drug-likeness (QED) is 0.747. The normalized spacial score (nSPS) is 29.9. The minimum Gasteiger partial charge on any atom is -0.497 e. The smallest absolute Gasteiger partial charge is 0.154 e. The topological polar surface area (TPSA) is 52.6 Å². The predicted molar refractivity (Wildman–Crippen MR) is 110 cm³/mol. The van der Waals surface area contributed by atoms with Crippen LogP contribution in [0.3, 0.4) is 0 Å². The van der Waals surface area contributed by atoms with Crippen molar-refractivity contribution in [3.05, 3.63) is 70.3 Å². The first-order valence-corrected chi connectivity index (χ1v) is 10.1. The van der Waals surface area contributed by atoms with Crippen LogP contribution >= 0.6 is 0 Å². The van der Waals surface area contributed by atoms with E-state index in [-0.39, 0.29) is 35.6 Å². The van der Waals surface area contributed by atoms with Gasteiger partial charge in [0.05, 0.1) is 31.2 Å². The van der Waals surface area contributed by atoms with E-state index in [0.717, 1.165) is 39.1 Å². The van der Waals surface area contributed by atoms with Crippen LogP contribution in [0.1, 0.15) is 33.7 Å². The number of ether oxygens (including phenoxy) is 2. The van der Waals surface area contributed by atoms with Crippen LogP contribution in [0.25, 0.3) is 5.57 Å². The van der Waals surface area contributed by atoms with Crippen molar-refractivity contribution in [1.29, 1.82) is 0 Å². The first-order valence-electron chi connectivity index (χ1n) is 10.1. The number of methoxy groups -OCH3 is 1. The molecule has 0 N–H and O–H groups in total. The maximum atomic E-state index is 13.5. The number of rotatable bonds is 3. The van der Waals surface area contributed by atoms with Gasteiger partial charge in [0.2, 0.25) is 0 Å². The average Bonchev–Trinajstić information content (AvgIpc) is 3.34. The Morgan fingerprint density at radius 3 is 2.14 bits per heavy atom. The molecule has 2 fully saturated rings. The molecule has 2 heterocycles. The Hall–Kier alpha value is -2.72. The van der Waals surface area contributed by atoms with Gasteiger partial charge < -0.3 is 9.47 Å². The summed E-state index contributed by atoms with van der Waals surface area (Å²) >= 11 is 0. The zero-order valence-corrected chi connectivity index (χ0v) is 17.1. The van der Waals surface area contributed by atoms with Gasteiger partial charge in [-0.25, -0.2) is 0 Å². The molecule has 3 aliphatic rings. The number of fused-ring (bicyclic) bond motifs is 5. The number of hydrogen-bond acceptors (Lipinski definition) is 4. The predicted octanol–water partition coefficient (Wildman–Crippen LogP) is 3.95. The van der Waals surface area contributed by atoms with Crippen LogP contribution in [-0.2, 0) is 14.3 Å². The lowest BCUT2D eigenvalue weighted by molar-refractivity contribution is -0.127. The van der Waals surface area contributed by atoms with E-state index in [1.165, 1.54) is 0 Å². The highest BCUT2D eigenvalue weighted by molar-refractivity contribution is 6.18. The molecule has 2 aromatic rings. The molecule has 0 amide bonds. The van der Waals surface area contributed by atoms with Crippen molar-refractivity contribution in [1.82, 2.24) is 0 Å². The van der Waals surface area contributed by atoms with Crippen LogP contribution in [0.15, 0.2) is 42.5 Å². The average molecular weight is 388 g/mol. The fraction of sp³-hybridized carbons (Fsp3) is 0.360. The van der Waals surface area contributed by atoms with Gasteiger partial charge in [0.25, 0.3) is 0 Å². The summed E-state index contributed by atoms with van der Waals surface area (Å²) in [7, 11) is 1.64. The summed E-state index contributed by atoms with van der Waals surface area (Å²) in [6, 6.07) is 11.9. The van der Waals surface area contributed by atoms with Gasteiger partial charge in [-0.3, -0.25) is 9.59 Å². The molecule has 5 atom stereocenters. The fourth-order valence-corrected chi connectivity index (χ4v) is 5.58. The van der Waals surface area contributed by atoms with E-state index in [0.29, 0.717) is 0 Å². The van der Waals surface area contributed by atoms with Gasteiger partial charge in [-0.15, -0.1) is 0 Å². The molecular formula is C25H24O4. The molecule has 29 heavy (non-hydrogen) atoms. The zero-order chi connectivity index (χ0) is 20.4. The van der Waals surface area contributed by atoms with Gasteiger partial charge in [0.15, 0.2) is 11.6 Å². The zero-order valence-electron chi connectivity index (χ0n) is 17.1.